The van der Waals surface area contributed by atoms with Gasteiger partial charge in [-0.2, -0.15) is 0 Å². The molecule has 7 nitrogen and oxygen atoms in total. The standard InChI is InChI=1S/C21H24N4O3.HI/c1-22-21(23-12-11-15-7-9-16(28-2)10-8-15)24-13-14-25-19(26)17-5-3-4-6-18(17)20(25)27;/h3-10H,11-14H2,1-2H3,(H2,22,23,24);1H. The zero-order chi connectivity index (χ0) is 19.9. The molecule has 0 unspecified atom stereocenters. The maximum atomic E-state index is 12.3. The van der Waals surface area contributed by atoms with Crippen LogP contribution in [-0.2, 0) is 6.42 Å². The van der Waals surface area contributed by atoms with E-state index < -0.39 is 0 Å². The average molecular weight is 508 g/mol. The monoisotopic (exact) mass is 508 g/mol. The van der Waals surface area contributed by atoms with Crippen LogP contribution in [0.5, 0.6) is 5.75 Å². The van der Waals surface area contributed by atoms with Crippen LogP contribution in [0.3, 0.4) is 0 Å². The molecule has 0 atom stereocenters. The molecule has 0 radical (unpaired) electrons. The SMILES string of the molecule is CN=C(NCCc1ccc(OC)cc1)NCCN1C(=O)c2ccccc2C1=O.I. The summed E-state index contributed by atoms with van der Waals surface area (Å²) in [5, 5.41) is 6.37. The van der Waals surface area contributed by atoms with Gasteiger partial charge in [-0.15, -0.1) is 24.0 Å². The molecule has 0 aromatic heterocycles. The second-order valence-electron chi connectivity index (χ2n) is 6.33. The minimum atomic E-state index is -0.246. The molecule has 2 aromatic carbocycles. The number of rotatable bonds is 7. The second kappa shape index (κ2) is 10.8. The molecule has 3 rings (SSSR count). The van der Waals surface area contributed by atoms with Crippen molar-refractivity contribution in [2.75, 3.05) is 33.8 Å². The minimum Gasteiger partial charge on any atom is -0.497 e. The van der Waals surface area contributed by atoms with E-state index in [-0.39, 0.29) is 42.3 Å². The number of benzene rings is 2. The zero-order valence-electron chi connectivity index (χ0n) is 16.5. The first-order valence-corrected chi connectivity index (χ1v) is 9.16. The maximum Gasteiger partial charge on any atom is 0.261 e. The van der Waals surface area contributed by atoms with Crippen molar-refractivity contribution in [1.29, 1.82) is 0 Å². The Morgan fingerprint density at radius 2 is 1.55 bits per heavy atom. The molecule has 1 aliphatic rings. The first-order chi connectivity index (χ1) is 13.6. The minimum absolute atomic E-state index is 0. The summed E-state index contributed by atoms with van der Waals surface area (Å²) in [5.74, 6) is 0.974. The summed E-state index contributed by atoms with van der Waals surface area (Å²) < 4.78 is 5.15. The van der Waals surface area contributed by atoms with Gasteiger partial charge in [-0.1, -0.05) is 24.3 Å². The third-order valence-electron chi connectivity index (χ3n) is 4.59. The van der Waals surface area contributed by atoms with Crippen LogP contribution >= 0.6 is 24.0 Å². The number of carbonyl (C=O) groups is 2. The fourth-order valence-electron chi connectivity index (χ4n) is 3.07. The van der Waals surface area contributed by atoms with Crippen molar-refractivity contribution in [3.63, 3.8) is 0 Å². The number of imide groups is 1. The van der Waals surface area contributed by atoms with Crippen molar-refractivity contribution in [2.24, 2.45) is 4.99 Å². The largest absolute Gasteiger partial charge is 0.497 e. The number of halogens is 1. The highest BCUT2D eigenvalue weighted by atomic mass is 127. The Kier molecular flexibility index (Phi) is 8.44. The number of methoxy groups -OCH3 is 1. The summed E-state index contributed by atoms with van der Waals surface area (Å²) in [5.41, 5.74) is 2.12. The Balaban J connectivity index is 0.00000300. The summed E-state index contributed by atoms with van der Waals surface area (Å²) in [6, 6.07) is 14.8. The van der Waals surface area contributed by atoms with Gasteiger partial charge >= 0.3 is 0 Å². The van der Waals surface area contributed by atoms with Gasteiger partial charge in [0.25, 0.3) is 11.8 Å². The lowest BCUT2D eigenvalue weighted by atomic mass is 10.1. The average Bonchev–Trinajstić information content (AvgIpc) is 2.98. The highest BCUT2D eigenvalue weighted by Crippen LogP contribution is 2.21. The van der Waals surface area contributed by atoms with Crippen molar-refractivity contribution < 1.29 is 14.3 Å². The predicted molar refractivity (Wildman–Crippen MR) is 123 cm³/mol. The lowest BCUT2D eigenvalue weighted by Crippen LogP contribution is -2.43. The lowest BCUT2D eigenvalue weighted by Gasteiger charge is -2.16. The first-order valence-electron chi connectivity index (χ1n) is 9.16. The summed E-state index contributed by atoms with van der Waals surface area (Å²) in [7, 11) is 3.33. The van der Waals surface area contributed by atoms with Crippen molar-refractivity contribution in [3.8, 4) is 5.75 Å². The molecule has 2 aromatic rings. The number of hydrogen-bond donors (Lipinski definition) is 2. The van der Waals surface area contributed by atoms with Gasteiger partial charge in [-0.3, -0.25) is 19.5 Å². The van der Waals surface area contributed by atoms with Crippen LogP contribution in [0.15, 0.2) is 53.5 Å². The molecule has 0 aliphatic carbocycles. The Morgan fingerprint density at radius 3 is 2.10 bits per heavy atom. The van der Waals surface area contributed by atoms with Crippen LogP contribution in [0.4, 0.5) is 0 Å². The number of guanidine groups is 1. The van der Waals surface area contributed by atoms with E-state index in [1.54, 1.807) is 38.4 Å². The van der Waals surface area contributed by atoms with Crippen LogP contribution in [0.25, 0.3) is 0 Å². The molecule has 154 valence electrons. The fourth-order valence-corrected chi connectivity index (χ4v) is 3.07. The highest BCUT2D eigenvalue weighted by molar-refractivity contribution is 14.0. The van der Waals surface area contributed by atoms with Gasteiger partial charge in [-0.25, -0.2) is 0 Å². The number of carbonyl (C=O) groups excluding carboxylic acids is 2. The molecule has 1 aliphatic heterocycles. The van der Waals surface area contributed by atoms with E-state index in [1.807, 2.05) is 24.3 Å². The van der Waals surface area contributed by atoms with E-state index in [4.69, 9.17) is 4.74 Å². The second-order valence-corrected chi connectivity index (χ2v) is 6.33. The molecule has 0 saturated carbocycles. The normalized spacial score (nSPS) is 13.0. The number of nitrogens with zero attached hydrogens (tertiary/aromatic N) is 2. The predicted octanol–water partition coefficient (Wildman–Crippen LogP) is 2.32. The van der Waals surface area contributed by atoms with E-state index in [2.05, 4.69) is 15.6 Å². The number of hydrogen-bond acceptors (Lipinski definition) is 4. The third-order valence-corrected chi connectivity index (χ3v) is 4.59. The smallest absolute Gasteiger partial charge is 0.261 e. The Labute approximate surface area is 187 Å². The Hall–Kier alpha value is -2.62. The summed E-state index contributed by atoms with van der Waals surface area (Å²) in [6.07, 6.45) is 0.836. The number of fused-ring (bicyclic) bond motifs is 1. The van der Waals surface area contributed by atoms with Crippen molar-refractivity contribution >= 4 is 41.8 Å². The van der Waals surface area contributed by atoms with Gasteiger partial charge < -0.3 is 15.4 Å². The van der Waals surface area contributed by atoms with Crippen LogP contribution in [-0.4, -0.2) is 56.5 Å². The molecule has 0 bridgehead atoms. The molecule has 8 heteroatoms. The topological polar surface area (TPSA) is 83.0 Å². The summed E-state index contributed by atoms with van der Waals surface area (Å²) >= 11 is 0. The van der Waals surface area contributed by atoms with Gasteiger partial charge in [-0.05, 0) is 36.2 Å². The zero-order valence-corrected chi connectivity index (χ0v) is 18.8. The van der Waals surface area contributed by atoms with Gasteiger partial charge in [0.05, 0.1) is 18.2 Å². The number of amides is 2. The van der Waals surface area contributed by atoms with Crippen LogP contribution in [0, 0.1) is 0 Å². The maximum absolute atomic E-state index is 12.3. The van der Waals surface area contributed by atoms with E-state index in [1.165, 1.54) is 10.5 Å². The molecule has 0 spiro atoms. The summed E-state index contributed by atoms with van der Waals surface area (Å²) in [6.45, 7) is 1.41. The third kappa shape index (κ3) is 5.47. The fraction of sp³-hybridized carbons (Fsp3) is 0.286. The molecule has 2 amide bonds. The lowest BCUT2D eigenvalue weighted by molar-refractivity contribution is 0.0657. The van der Waals surface area contributed by atoms with Gasteiger partial charge in [0.1, 0.15) is 5.75 Å². The van der Waals surface area contributed by atoms with Gasteiger partial charge in [0.2, 0.25) is 0 Å². The molecule has 29 heavy (non-hydrogen) atoms. The first kappa shape index (κ1) is 22.7. The van der Waals surface area contributed by atoms with Crippen molar-refractivity contribution in [2.45, 2.75) is 6.42 Å². The molecule has 2 N–H and O–H groups in total. The molecular formula is C21H25IN4O3. The van der Waals surface area contributed by atoms with E-state index in [9.17, 15) is 9.59 Å². The van der Waals surface area contributed by atoms with Crippen molar-refractivity contribution in [1.82, 2.24) is 15.5 Å². The summed E-state index contributed by atoms with van der Waals surface area (Å²) in [4.78, 5) is 30.1. The number of ether oxygens (including phenoxy) is 1. The Bertz CT molecular complexity index is 849. The van der Waals surface area contributed by atoms with Crippen LogP contribution < -0.4 is 15.4 Å². The quantitative estimate of drug-likeness (QED) is 0.260. The van der Waals surface area contributed by atoms with E-state index in [0.717, 1.165) is 12.2 Å². The van der Waals surface area contributed by atoms with Gasteiger partial charge in [0.15, 0.2) is 5.96 Å². The number of nitrogens with one attached hydrogen (secondary N) is 2. The molecule has 0 saturated heterocycles. The highest BCUT2D eigenvalue weighted by Gasteiger charge is 2.34. The van der Waals surface area contributed by atoms with Gasteiger partial charge in [0, 0.05) is 26.7 Å². The van der Waals surface area contributed by atoms with Crippen LogP contribution in [0.2, 0.25) is 0 Å². The van der Waals surface area contributed by atoms with Crippen LogP contribution in [0.1, 0.15) is 26.3 Å². The Morgan fingerprint density at radius 1 is 0.966 bits per heavy atom. The molecule has 0 fully saturated rings. The molecular weight excluding hydrogens is 483 g/mol. The molecule has 1 heterocycles. The van der Waals surface area contributed by atoms with Crippen molar-refractivity contribution in [3.05, 3.63) is 65.2 Å². The van der Waals surface area contributed by atoms with E-state index >= 15 is 0 Å². The number of aliphatic imine (C=N–C) groups is 1. The van der Waals surface area contributed by atoms with E-state index in [0.29, 0.717) is 30.2 Å².